The van der Waals surface area contributed by atoms with E-state index in [1.165, 1.54) is 25.6 Å². The van der Waals surface area contributed by atoms with E-state index < -0.39 is 0 Å². The van der Waals surface area contributed by atoms with Crippen molar-refractivity contribution in [3.8, 4) is 0 Å². The second kappa shape index (κ2) is 6.57. The van der Waals surface area contributed by atoms with Crippen molar-refractivity contribution in [1.29, 1.82) is 0 Å². The van der Waals surface area contributed by atoms with Crippen LogP contribution in [0, 0.1) is 5.92 Å². The lowest BCUT2D eigenvalue weighted by molar-refractivity contribution is 0.576. The van der Waals surface area contributed by atoms with Crippen molar-refractivity contribution >= 4 is 15.7 Å². The van der Waals surface area contributed by atoms with Crippen LogP contribution in [-0.4, -0.2) is 15.7 Å². The Hall–Kier alpha value is -0.130. The molecule has 0 heterocycles. The van der Waals surface area contributed by atoms with E-state index in [0.29, 0.717) is 5.92 Å². The van der Waals surface area contributed by atoms with Crippen molar-refractivity contribution in [2.45, 2.75) is 38.3 Å². The SMILES string of the molecule is BCCC(B)CCC(C)C=C. The molecule has 0 rings (SSSR count). The molecule has 0 N–H and O–H groups in total. The summed E-state index contributed by atoms with van der Waals surface area (Å²) in [5, 5.41) is 0. The summed E-state index contributed by atoms with van der Waals surface area (Å²) in [6.07, 6.45) is 7.43. The van der Waals surface area contributed by atoms with E-state index >= 15 is 0 Å². The van der Waals surface area contributed by atoms with Gasteiger partial charge in [-0.3, -0.25) is 0 Å². The fraction of sp³-hybridized carbons (Fsp3) is 0.778. The summed E-state index contributed by atoms with van der Waals surface area (Å²) in [4.78, 5) is 0. The van der Waals surface area contributed by atoms with Crippen LogP contribution < -0.4 is 0 Å². The van der Waals surface area contributed by atoms with E-state index in [1.807, 2.05) is 0 Å². The monoisotopic (exact) mass is 150 g/mol. The second-order valence-electron chi connectivity index (χ2n) is 3.68. The Morgan fingerprint density at radius 2 is 2.00 bits per heavy atom. The topological polar surface area (TPSA) is 0 Å². The predicted octanol–water partition coefficient (Wildman–Crippen LogP) is 1.45. The molecular weight excluding hydrogens is 130 g/mol. The Balaban J connectivity index is 3.29. The van der Waals surface area contributed by atoms with E-state index in [2.05, 4.69) is 35.3 Å². The van der Waals surface area contributed by atoms with Gasteiger partial charge in [-0.2, -0.15) is 0 Å². The molecule has 0 saturated carbocycles. The minimum atomic E-state index is 0.703. The molecular formula is C9H20B2. The van der Waals surface area contributed by atoms with E-state index in [1.54, 1.807) is 0 Å². The molecule has 0 radical (unpaired) electrons. The van der Waals surface area contributed by atoms with Gasteiger partial charge in [-0.1, -0.05) is 38.0 Å². The summed E-state index contributed by atoms with van der Waals surface area (Å²) < 4.78 is 0. The zero-order valence-electron chi connectivity index (χ0n) is 8.27. The Bertz CT molecular complexity index is 102. The third kappa shape index (κ3) is 6.28. The minimum Gasteiger partial charge on any atom is -0.103 e. The molecule has 0 aliphatic heterocycles. The van der Waals surface area contributed by atoms with Crippen molar-refractivity contribution in [2.75, 3.05) is 0 Å². The molecule has 0 spiro atoms. The van der Waals surface area contributed by atoms with Crippen LogP contribution in [0.2, 0.25) is 12.1 Å². The van der Waals surface area contributed by atoms with Gasteiger partial charge < -0.3 is 0 Å². The molecule has 0 aromatic heterocycles. The Labute approximate surface area is 73.3 Å². The third-order valence-electron chi connectivity index (χ3n) is 2.30. The highest BCUT2D eigenvalue weighted by atomic mass is 14.0. The van der Waals surface area contributed by atoms with Crippen molar-refractivity contribution in [1.82, 2.24) is 0 Å². The summed E-state index contributed by atoms with van der Waals surface area (Å²) in [6, 6.07) is 0. The molecule has 62 valence electrons. The standard InChI is InChI=1S/C9H20B2/c1-3-8(2)4-5-9(11)6-7-10/h3,8-9H,1,4-7,10-11H2,2H3. The van der Waals surface area contributed by atoms with Crippen LogP contribution in [0.5, 0.6) is 0 Å². The summed E-state index contributed by atoms with van der Waals surface area (Å²) in [5.74, 6) is 1.61. The lowest BCUT2D eigenvalue weighted by atomic mass is 9.76. The van der Waals surface area contributed by atoms with Gasteiger partial charge in [-0.25, -0.2) is 0 Å². The zero-order chi connectivity index (χ0) is 8.69. The van der Waals surface area contributed by atoms with Gasteiger partial charge in [-0.15, -0.1) is 6.58 Å². The van der Waals surface area contributed by atoms with Gasteiger partial charge in [0, 0.05) is 0 Å². The van der Waals surface area contributed by atoms with E-state index in [4.69, 9.17) is 0 Å². The average molecular weight is 150 g/mol. The highest BCUT2D eigenvalue weighted by Crippen LogP contribution is 2.19. The molecule has 0 aliphatic rings. The maximum atomic E-state index is 3.78. The second-order valence-corrected chi connectivity index (χ2v) is 3.68. The summed E-state index contributed by atoms with van der Waals surface area (Å²) in [5.41, 5.74) is 0. The molecule has 0 aliphatic carbocycles. The first kappa shape index (κ1) is 10.9. The molecule has 0 aromatic rings. The van der Waals surface area contributed by atoms with Crippen LogP contribution >= 0.6 is 0 Å². The Morgan fingerprint density at radius 1 is 1.36 bits per heavy atom. The maximum absolute atomic E-state index is 3.78. The molecule has 0 fully saturated rings. The van der Waals surface area contributed by atoms with Crippen LogP contribution in [0.25, 0.3) is 0 Å². The van der Waals surface area contributed by atoms with Crippen molar-refractivity contribution in [3.05, 3.63) is 12.7 Å². The maximum Gasteiger partial charge on any atom is 0.105 e. The van der Waals surface area contributed by atoms with Crippen LogP contribution in [0.4, 0.5) is 0 Å². The normalized spacial score (nSPS) is 15.7. The first-order chi connectivity index (χ1) is 5.20. The number of hydrogen-bond acceptors (Lipinski definition) is 0. The van der Waals surface area contributed by atoms with Gasteiger partial charge in [-0.05, 0) is 12.3 Å². The molecule has 2 unspecified atom stereocenters. The van der Waals surface area contributed by atoms with Crippen molar-refractivity contribution < 1.29 is 0 Å². The van der Waals surface area contributed by atoms with Gasteiger partial charge in [0.1, 0.15) is 15.7 Å². The van der Waals surface area contributed by atoms with Gasteiger partial charge in [0.05, 0.1) is 0 Å². The smallest absolute Gasteiger partial charge is 0.103 e. The molecule has 11 heavy (non-hydrogen) atoms. The summed E-state index contributed by atoms with van der Waals surface area (Å²) in [7, 11) is 4.60. The molecule has 0 aromatic carbocycles. The van der Waals surface area contributed by atoms with E-state index in [0.717, 1.165) is 5.82 Å². The minimum absolute atomic E-state index is 0.703. The zero-order valence-corrected chi connectivity index (χ0v) is 8.27. The van der Waals surface area contributed by atoms with Crippen LogP contribution in [0.3, 0.4) is 0 Å². The average Bonchev–Trinajstić information content (AvgIpc) is 2.01. The summed E-state index contributed by atoms with van der Waals surface area (Å²) >= 11 is 0. The quantitative estimate of drug-likeness (QED) is 0.397. The Kier molecular flexibility index (Phi) is 6.49. The van der Waals surface area contributed by atoms with Crippen LogP contribution in [0.1, 0.15) is 26.2 Å². The van der Waals surface area contributed by atoms with E-state index in [9.17, 15) is 0 Å². The largest absolute Gasteiger partial charge is 0.105 e. The number of hydrogen-bond donors (Lipinski definition) is 0. The lowest BCUT2D eigenvalue weighted by Crippen LogP contribution is -1.96. The van der Waals surface area contributed by atoms with Gasteiger partial charge >= 0.3 is 0 Å². The molecule has 0 bridgehead atoms. The molecule has 2 atom stereocenters. The lowest BCUT2D eigenvalue weighted by Gasteiger charge is -2.11. The molecule has 2 heteroatoms. The van der Waals surface area contributed by atoms with Gasteiger partial charge in [0.2, 0.25) is 0 Å². The third-order valence-corrected chi connectivity index (χ3v) is 2.30. The number of allylic oxidation sites excluding steroid dienone is 1. The van der Waals surface area contributed by atoms with Gasteiger partial charge in [0.15, 0.2) is 0 Å². The molecule has 0 saturated heterocycles. The van der Waals surface area contributed by atoms with Gasteiger partial charge in [0.25, 0.3) is 0 Å². The Morgan fingerprint density at radius 3 is 2.45 bits per heavy atom. The highest BCUT2D eigenvalue weighted by Gasteiger charge is 2.02. The highest BCUT2D eigenvalue weighted by molar-refractivity contribution is 6.13. The van der Waals surface area contributed by atoms with Crippen molar-refractivity contribution in [3.63, 3.8) is 0 Å². The van der Waals surface area contributed by atoms with Crippen LogP contribution in [0.15, 0.2) is 12.7 Å². The summed E-state index contributed by atoms with van der Waals surface area (Å²) in [6.45, 7) is 6.03. The van der Waals surface area contributed by atoms with Crippen LogP contribution in [-0.2, 0) is 0 Å². The number of rotatable bonds is 6. The van der Waals surface area contributed by atoms with Crippen molar-refractivity contribution in [2.24, 2.45) is 5.92 Å². The van der Waals surface area contributed by atoms with E-state index in [-0.39, 0.29) is 0 Å². The first-order valence-electron chi connectivity index (χ1n) is 4.83. The fourth-order valence-electron chi connectivity index (χ4n) is 1.30. The predicted molar refractivity (Wildman–Crippen MR) is 58.9 cm³/mol. The first-order valence-corrected chi connectivity index (χ1v) is 4.83. The fourth-order valence-corrected chi connectivity index (χ4v) is 1.30. The molecule has 0 amide bonds. The molecule has 0 nitrogen and oxygen atoms in total.